The van der Waals surface area contributed by atoms with Gasteiger partial charge in [-0.2, -0.15) is 8.78 Å². The molecule has 0 fully saturated rings. The maximum Gasteiger partial charge on any atom is 0.202 e. The Balaban J connectivity index is 1.99. The molecule has 0 aliphatic carbocycles. The predicted octanol–water partition coefficient (Wildman–Crippen LogP) is 2.87. The second kappa shape index (κ2) is 6.42. The van der Waals surface area contributed by atoms with Gasteiger partial charge in [-0.25, -0.2) is 8.78 Å². The number of benzene rings is 2. The van der Waals surface area contributed by atoms with Gasteiger partial charge in [0, 0.05) is 0 Å². The summed E-state index contributed by atoms with van der Waals surface area (Å²) >= 11 is 0. The first-order chi connectivity index (χ1) is 10.4. The monoisotopic (exact) mass is 316 g/mol. The minimum Gasteiger partial charge on any atom is -0.485 e. The van der Waals surface area contributed by atoms with Crippen molar-refractivity contribution in [3.05, 3.63) is 47.5 Å². The van der Waals surface area contributed by atoms with E-state index in [1.54, 1.807) is 0 Å². The van der Waals surface area contributed by atoms with Crippen LogP contribution >= 0.6 is 0 Å². The first kappa shape index (κ1) is 15.7. The Morgan fingerprint density at radius 2 is 1.05 bits per heavy atom. The summed E-state index contributed by atoms with van der Waals surface area (Å²) in [5.41, 5.74) is 10.7. The fourth-order valence-corrected chi connectivity index (χ4v) is 1.67. The zero-order valence-electron chi connectivity index (χ0n) is 11.2. The van der Waals surface area contributed by atoms with Crippen LogP contribution in [0.15, 0.2) is 24.3 Å². The zero-order chi connectivity index (χ0) is 16.3. The Morgan fingerprint density at radius 1 is 0.682 bits per heavy atom. The van der Waals surface area contributed by atoms with Crippen LogP contribution in [-0.4, -0.2) is 13.2 Å². The smallest absolute Gasteiger partial charge is 0.202 e. The molecular weight excluding hydrogens is 304 g/mol. The van der Waals surface area contributed by atoms with Crippen LogP contribution in [0.2, 0.25) is 0 Å². The third-order valence-corrected chi connectivity index (χ3v) is 2.74. The molecule has 0 radical (unpaired) electrons. The molecule has 8 heteroatoms. The van der Waals surface area contributed by atoms with Crippen LogP contribution in [0.4, 0.5) is 28.9 Å². The Kier molecular flexibility index (Phi) is 4.59. The van der Waals surface area contributed by atoms with E-state index in [1.165, 1.54) is 0 Å². The Bertz CT molecular complexity index is 636. The van der Waals surface area contributed by atoms with E-state index in [-0.39, 0.29) is 24.6 Å². The van der Waals surface area contributed by atoms with E-state index in [9.17, 15) is 17.6 Å². The van der Waals surface area contributed by atoms with E-state index in [4.69, 9.17) is 20.9 Å². The van der Waals surface area contributed by atoms with E-state index in [0.29, 0.717) is 0 Å². The molecule has 0 heterocycles. The summed E-state index contributed by atoms with van der Waals surface area (Å²) in [6, 6.07) is 3.99. The normalized spacial score (nSPS) is 10.5. The molecule has 0 saturated heterocycles. The van der Waals surface area contributed by atoms with Crippen molar-refractivity contribution >= 4 is 11.4 Å². The van der Waals surface area contributed by atoms with Crippen LogP contribution in [-0.2, 0) is 0 Å². The summed E-state index contributed by atoms with van der Waals surface area (Å²) in [4.78, 5) is 0. The molecule has 0 amide bonds. The minimum absolute atomic E-state index is 0.102. The van der Waals surface area contributed by atoms with E-state index >= 15 is 0 Å². The number of halogens is 4. The van der Waals surface area contributed by atoms with Gasteiger partial charge < -0.3 is 20.9 Å². The Morgan fingerprint density at radius 3 is 1.41 bits per heavy atom. The fraction of sp³-hybridized carbons (Fsp3) is 0.143. The average molecular weight is 316 g/mol. The zero-order valence-corrected chi connectivity index (χ0v) is 11.2. The standard InChI is InChI=1S/C14H12F4N2O2/c15-7-1-3-9(19)13(11(7)17)21-5-6-22-14-10(20)4-2-8(16)12(14)18/h1-4H,5-6,19-20H2. The molecule has 0 unspecified atom stereocenters. The summed E-state index contributed by atoms with van der Waals surface area (Å²) < 4.78 is 62.9. The maximum atomic E-state index is 13.4. The van der Waals surface area contributed by atoms with Crippen LogP contribution in [0, 0.1) is 23.3 Å². The molecule has 0 bridgehead atoms. The minimum atomic E-state index is -1.24. The van der Waals surface area contributed by atoms with Crippen LogP contribution in [0.3, 0.4) is 0 Å². The van der Waals surface area contributed by atoms with E-state index in [2.05, 4.69) is 0 Å². The van der Waals surface area contributed by atoms with E-state index in [1.807, 2.05) is 0 Å². The lowest BCUT2D eigenvalue weighted by molar-refractivity contribution is 0.205. The van der Waals surface area contributed by atoms with Crippen molar-refractivity contribution in [3.63, 3.8) is 0 Å². The van der Waals surface area contributed by atoms with Gasteiger partial charge in [0.1, 0.15) is 13.2 Å². The van der Waals surface area contributed by atoms with Crippen LogP contribution in [0.1, 0.15) is 0 Å². The average Bonchev–Trinajstić information content (AvgIpc) is 2.49. The summed E-state index contributed by atoms with van der Waals surface area (Å²) in [6.07, 6.45) is 0. The lowest BCUT2D eigenvalue weighted by Crippen LogP contribution is -2.13. The number of hydrogen-bond donors (Lipinski definition) is 2. The van der Waals surface area contributed by atoms with Gasteiger partial charge in [0.15, 0.2) is 23.1 Å². The number of rotatable bonds is 5. The summed E-state index contributed by atoms with van der Waals surface area (Å²) in [6.45, 7) is -0.556. The highest BCUT2D eigenvalue weighted by molar-refractivity contribution is 5.54. The third-order valence-electron chi connectivity index (χ3n) is 2.74. The lowest BCUT2D eigenvalue weighted by atomic mass is 10.2. The largest absolute Gasteiger partial charge is 0.485 e. The molecule has 4 N–H and O–H groups in total. The van der Waals surface area contributed by atoms with E-state index < -0.39 is 34.8 Å². The fourth-order valence-electron chi connectivity index (χ4n) is 1.67. The third kappa shape index (κ3) is 3.16. The highest BCUT2D eigenvalue weighted by Gasteiger charge is 2.15. The van der Waals surface area contributed by atoms with Gasteiger partial charge >= 0.3 is 0 Å². The molecule has 22 heavy (non-hydrogen) atoms. The number of ether oxygens (including phenoxy) is 2. The molecule has 0 aliphatic rings. The van der Waals surface area contributed by atoms with Gasteiger partial charge in [-0.3, -0.25) is 0 Å². The first-order valence-electron chi connectivity index (χ1n) is 6.14. The highest BCUT2D eigenvalue weighted by atomic mass is 19.2. The molecule has 0 aromatic heterocycles. The van der Waals surface area contributed by atoms with Crippen molar-refractivity contribution in [2.24, 2.45) is 0 Å². The number of nitrogens with two attached hydrogens (primary N) is 2. The van der Waals surface area contributed by atoms with Crippen molar-refractivity contribution in [2.45, 2.75) is 0 Å². The second-order valence-electron chi connectivity index (χ2n) is 4.26. The summed E-state index contributed by atoms with van der Waals surface area (Å²) in [5, 5.41) is 0. The van der Waals surface area contributed by atoms with Crippen molar-refractivity contribution < 1.29 is 27.0 Å². The van der Waals surface area contributed by atoms with E-state index in [0.717, 1.165) is 24.3 Å². The molecule has 0 saturated carbocycles. The van der Waals surface area contributed by atoms with Gasteiger partial charge in [0.05, 0.1) is 11.4 Å². The molecule has 0 atom stereocenters. The number of hydrogen-bond acceptors (Lipinski definition) is 4. The maximum absolute atomic E-state index is 13.4. The van der Waals surface area contributed by atoms with Gasteiger partial charge in [0.25, 0.3) is 0 Å². The van der Waals surface area contributed by atoms with Crippen molar-refractivity contribution in [1.29, 1.82) is 0 Å². The number of nitrogen functional groups attached to an aromatic ring is 2. The lowest BCUT2D eigenvalue weighted by Gasteiger charge is -2.12. The summed E-state index contributed by atoms with van der Waals surface area (Å²) in [7, 11) is 0. The van der Waals surface area contributed by atoms with Crippen LogP contribution in [0.25, 0.3) is 0 Å². The molecule has 2 aromatic rings. The van der Waals surface area contributed by atoms with Crippen molar-refractivity contribution in [1.82, 2.24) is 0 Å². The molecule has 2 aromatic carbocycles. The quantitative estimate of drug-likeness (QED) is 0.505. The highest BCUT2D eigenvalue weighted by Crippen LogP contribution is 2.28. The molecule has 4 nitrogen and oxygen atoms in total. The SMILES string of the molecule is Nc1ccc(F)c(F)c1OCCOc1c(N)ccc(F)c1F. The Hall–Kier alpha value is -2.64. The van der Waals surface area contributed by atoms with Crippen molar-refractivity contribution in [2.75, 3.05) is 24.7 Å². The predicted molar refractivity (Wildman–Crippen MR) is 72.5 cm³/mol. The van der Waals surface area contributed by atoms with Gasteiger partial charge in [0.2, 0.25) is 11.6 Å². The second-order valence-corrected chi connectivity index (χ2v) is 4.26. The van der Waals surface area contributed by atoms with Gasteiger partial charge in [-0.05, 0) is 24.3 Å². The molecule has 2 rings (SSSR count). The van der Waals surface area contributed by atoms with Gasteiger partial charge in [-0.15, -0.1) is 0 Å². The molecule has 118 valence electrons. The van der Waals surface area contributed by atoms with Crippen molar-refractivity contribution in [3.8, 4) is 11.5 Å². The summed E-state index contributed by atoms with van der Waals surface area (Å²) in [5.74, 6) is -5.67. The Labute approximate surface area is 123 Å². The van der Waals surface area contributed by atoms with Crippen LogP contribution < -0.4 is 20.9 Å². The van der Waals surface area contributed by atoms with Crippen LogP contribution in [0.5, 0.6) is 11.5 Å². The molecular formula is C14H12F4N2O2. The number of anilines is 2. The first-order valence-corrected chi connectivity index (χ1v) is 6.14. The topological polar surface area (TPSA) is 70.5 Å². The van der Waals surface area contributed by atoms with Gasteiger partial charge in [-0.1, -0.05) is 0 Å². The molecule has 0 aliphatic heterocycles. The molecule has 0 spiro atoms.